The third-order valence-corrected chi connectivity index (χ3v) is 4.03. The summed E-state index contributed by atoms with van der Waals surface area (Å²) < 4.78 is 5.74. The van der Waals surface area contributed by atoms with Gasteiger partial charge in [-0.2, -0.15) is 0 Å². The highest BCUT2D eigenvalue weighted by molar-refractivity contribution is 5.85. The Hall–Kier alpha value is -1.45. The summed E-state index contributed by atoms with van der Waals surface area (Å²) in [6.45, 7) is 0. The number of methoxy groups -OCH3 is 1. The molecular weight excluding hydrogens is 236 g/mol. The van der Waals surface area contributed by atoms with Crippen molar-refractivity contribution in [1.29, 1.82) is 0 Å². The Labute approximate surface area is 114 Å². The molecule has 3 nitrogen and oxygen atoms in total. The number of benzene rings is 1. The molecule has 1 N–H and O–H groups in total. The van der Waals surface area contributed by atoms with Gasteiger partial charge < -0.3 is 10.1 Å². The van der Waals surface area contributed by atoms with Crippen molar-refractivity contribution in [2.45, 2.75) is 25.0 Å². The highest BCUT2D eigenvalue weighted by Crippen LogP contribution is 2.40. The summed E-state index contributed by atoms with van der Waals surface area (Å²) in [5, 5.41) is 5.87. The van der Waals surface area contributed by atoms with E-state index in [1.165, 1.54) is 29.2 Å². The Morgan fingerprint density at radius 2 is 2.05 bits per heavy atom. The first-order valence-corrected chi connectivity index (χ1v) is 6.88. The van der Waals surface area contributed by atoms with Gasteiger partial charge in [-0.25, -0.2) is 0 Å². The Bertz CT molecular complexity index is 560. The van der Waals surface area contributed by atoms with Crippen LogP contribution in [0.5, 0.6) is 0 Å². The van der Waals surface area contributed by atoms with E-state index in [1.54, 1.807) is 0 Å². The van der Waals surface area contributed by atoms with E-state index in [1.807, 2.05) is 26.6 Å². The molecule has 3 rings (SSSR count). The Balaban J connectivity index is 2.05. The van der Waals surface area contributed by atoms with Gasteiger partial charge >= 0.3 is 0 Å². The molecule has 0 saturated heterocycles. The van der Waals surface area contributed by atoms with Gasteiger partial charge in [0.05, 0.1) is 12.1 Å². The fourth-order valence-corrected chi connectivity index (χ4v) is 2.91. The lowest BCUT2D eigenvalue weighted by atomic mass is 9.95. The number of likely N-dealkylation sites (N-methyl/N-ethyl adjacent to an activating group) is 1. The van der Waals surface area contributed by atoms with Crippen LogP contribution in [0, 0.1) is 5.92 Å². The summed E-state index contributed by atoms with van der Waals surface area (Å²) in [6, 6.07) is 8.61. The van der Waals surface area contributed by atoms with Crippen LogP contribution in [0.25, 0.3) is 10.8 Å². The number of hydrogen-bond donors (Lipinski definition) is 1. The van der Waals surface area contributed by atoms with E-state index in [0.717, 1.165) is 0 Å². The molecule has 2 unspecified atom stereocenters. The largest absolute Gasteiger partial charge is 0.379 e. The third-order valence-electron chi connectivity index (χ3n) is 4.03. The minimum absolute atomic E-state index is 0.205. The molecular formula is C16H20N2O. The lowest BCUT2D eigenvalue weighted by Gasteiger charge is -2.26. The van der Waals surface area contributed by atoms with Crippen molar-refractivity contribution in [3.63, 3.8) is 0 Å². The maximum atomic E-state index is 5.74. The Kier molecular flexibility index (Phi) is 3.49. The molecule has 1 aliphatic rings. The lowest BCUT2D eigenvalue weighted by Crippen LogP contribution is -2.32. The van der Waals surface area contributed by atoms with E-state index in [4.69, 9.17) is 4.74 Å². The Morgan fingerprint density at radius 1 is 1.26 bits per heavy atom. The maximum absolute atomic E-state index is 5.74. The van der Waals surface area contributed by atoms with Gasteiger partial charge in [0.15, 0.2) is 0 Å². The van der Waals surface area contributed by atoms with Crippen LogP contribution in [0.15, 0.2) is 36.7 Å². The van der Waals surface area contributed by atoms with Gasteiger partial charge in [-0.15, -0.1) is 0 Å². The van der Waals surface area contributed by atoms with Crippen molar-refractivity contribution < 1.29 is 4.74 Å². The van der Waals surface area contributed by atoms with Gasteiger partial charge in [-0.3, -0.25) is 4.98 Å². The topological polar surface area (TPSA) is 34.2 Å². The molecule has 0 bridgehead atoms. The van der Waals surface area contributed by atoms with Crippen LogP contribution >= 0.6 is 0 Å². The molecule has 2 aromatic rings. The van der Waals surface area contributed by atoms with Gasteiger partial charge in [0.1, 0.15) is 0 Å². The summed E-state index contributed by atoms with van der Waals surface area (Å²) >= 11 is 0. The molecule has 0 spiro atoms. The molecule has 100 valence electrons. The number of ether oxygens (including phenoxy) is 1. The van der Waals surface area contributed by atoms with Gasteiger partial charge in [-0.05, 0) is 36.8 Å². The lowest BCUT2D eigenvalue weighted by molar-refractivity contribution is 0.0534. The number of pyridine rings is 1. The first-order valence-electron chi connectivity index (χ1n) is 6.88. The fourth-order valence-electron chi connectivity index (χ4n) is 2.91. The standard InChI is InChI=1S/C16H20N2O/c1-17-15(16(19-2)11-7-8-11)14-10-18-9-12-5-3-4-6-13(12)14/h3-6,9-11,15-17H,7-8H2,1-2H3. The highest BCUT2D eigenvalue weighted by atomic mass is 16.5. The van der Waals surface area contributed by atoms with E-state index in [2.05, 4.69) is 34.6 Å². The molecule has 19 heavy (non-hydrogen) atoms. The summed E-state index contributed by atoms with van der Waals surface area (Å²) in [7, 11) is 3.81. The number of fused-ring (bicyclic) bond motifs is 1. The fraction of sp³-hybridized carbons (Fsp3) is 0.438. The molecule has 0 amide bonds. The molecule has 1 aromatic carbocycles. The smallest absolute Gasteiger partial charge is 0.0794 e. The zero-order chi connectivity index (χ0) is 13.2. The molecule has 3 heteroatoms. The number of nitrogens with zero attached hydrogens (tertiary/aromatic N) is 1. The average Bonchev–Trinajstić information content (AvgIpc) is 3.29. The highest BCUT2D eigenvalue weighted by Gasteiger charge is 2.37. The van der Waals surface area contributed by atoms with Crippen LogP contribution in [0.2, 0.25) is 0 Å². The van der Waals surface area contributed by atoms with E-state index >= 15 is 0 Å². The van der Waals surface area contributed by atoms with E-state index in [9.17, 15) is 0 Å². The minimum atomic E-state index is 0.205. The van der Waals surface area contributed by atoms with Crippen molar-refractivity contribution in [2.24, 2.45) is 5.92 Å². The molecule has 1 aromatic heterocycles. The number of nitrogens with one attached hydrogen (secondary N) is 1. The van der Waals surface area contributed by atoms with Gasteiger partial charge in [0.25, 0.3) is 0 Å². The zero-order valence-electron chi connectivity index (χ0n) is 11.5. The van der Waals surface area contributed by atoms with Gasteiger partial charge in [0.2, 0.25) is 0 Å². The zero-order valence-corrected chi connectivity index (χ0v) is 11.5. The van der Waals surface area contributed by atoms with Crippen LogP contribution in [0.1, 0.15) is 24.4 Å². The van der Waals surface area contributed by atoms with E-state index in [-0.39, 0.29) is 12.1 Å². The van der Waals surface area contributed by atoms with Crippen molar-refractivity contribution in [3.8, 4) is 0 Å². The van der Waals surface area contributed by atoms with Crippen molar-refractivity contribution >= 4 is 10.8 Å². The number of hydrogen-bond acceptors (Lipinski definition) is 3. The van der Waals surface area contributed by atoms with Gasteiger partial charge in [-0.1, -0.05) is 24.3 Å². The quantitative estimate of drug-likeness (QED) is 0.893. The average molecular weight is 256 g/mol. The van der Waals surface area contributed by atoms with Crippen LogP contribution in [-0.4, -0.2) is 25.2 Å². The van der Waals surface area contributed by atoms with Crippen LogP contribution < -0.4 is 5.32 Å². The van der Waals surface area contributed by atoms with Crippen molar-refractivity contribution in [1.82, 2.24) is 10.3 Å². The molecule has 0 radical (unpaired) electrons. The molecule has 1 saturated carbocycles. The molecule has 1 heterocycles. The summed E-state index contributed by atoms with van der Waals surface area (Å²) in [4.78, 5) is 4.38. The SMILES string of the molecule is CNC(c1cncc2ccccc12)C(OC)C1CC1. The second-order valence-corrected chi connectivity index (χ2v) is 5.25. The van der Waals surface area contributed by atoms with Gasteiger partial charge in [0, 0.05) is 24.9 Å². The Morgan fingerprint density at radius 3 is 2.74 bits per heavy atom. The minimum Gasteiger partial charge on any atom is -0.379 e. The number of aromatic nitrogens is 1. The molecule has 1 aliphatic carbocycles. The maximum Gasteiger partial charge on any atom is 0.0794 e. The monoisotopic (exact) mass is 256 g/mol. The van der Waals surface area contributed by atoms with Crippen LogP contribution in [0.4, 0.5) is 0 Å². The van der Waals surface area contributed by atoms with Crippen molar-refractivity contribution in [2.75, 3.05) is 14.2 Å². The predicted octanol–water partition coefficient (Wildman–Crippen LogP) is 2.92. The van der Waals surface area contributed by atoms with Crippen LogP contribution in [-0.2, 0) is 4.74 Å². The molecule has 1 fully saturated rings. The summed E-state index contributed by atoms with van der Waals surface area (Å²) in [5.74, 6) is 0.682. The number of rotatable bonds is 5. The second-order valence-electron chi connectivity index (χ2n) is 5.25. The van der Waals surface area contributed by atoms with Crippen molar-refractivity contribution in [3.05, 3.63) is 42.2 Å². The second kappa shape index (κ2) is 5.27. The summed E-state index contributed by atoms with van der Waals surface area (Å²) in [6.07, 6.45) is 6.67. The predicted molar refractivity (Wildman–Crippen MR) is 77.1 cm³/mol. The van der Waals surface area contributed by atoms with E-state index in [0.29, 0.717) is 5.92 Å². The molecule has 2 atom stereocenters. The van der Waals surface area contributed by atoms with E-state index < -0.39 is 0 Å². The third kappa shape index (κ3) is 2.36. The first kappa shape index (κ1) is 12.6. The normalized spacial score (nSPS) is 18.4. The molecule has 0 aliphatic heterocycles. The van der Waals surface area contributed by atoms with Crippen LogP contribution in [0.3, 0.4) is 0 Å². The first-order chi connectivity index (χ1) is 9.35. The summed E-state index contributed by atoms with van der Waals surface area (Å²) in [5.41, 5.74) is 1.24.